The zero-order valence-corrected chi connectivity index (χ0v) is 20.1. The highest BCUT2D eigenvalue weighted by atomic mass is 16.5. The average molecular weight is 443 g/mol. The van der Waals surface area contributed by atoms with E-state index in [0.29, 0.717) is 6.61 Å². The van der Waals surface area contributed by atoms with E-state index in [1.807, 2.05) is 0 Å². The molecular formula is C26H50O5. The molecule has 0 amide bonds. The summed E-state index contributed by atoms with van der Waals surface area (Å²) in [5.74, 6) is 0. The second-order valence-electron chi connectivity index (χ2n) is 9.16. The molecule has 4 atom stereocenters. The Balaban J connectivity index is 1.73. The Labute approximate surface area is 191 Å². The van der Waals surface area contributed by atoms with Crippen molar-refractivity contribution in [3.05, 3.63) is 12.2 Å². The molecular weight excluding hydrogens is 392 g/mol. The molecule has 0 aromatic rings. The molecule has 1 heterocycles. The van der Waals surface area contributed by atoms with Crippen LogP contribution in [-0.4, -0.2) is 59.6 Å². The molecule has 0 unspecified atom stereocenters. The van der Waals surface area contributed by atoms with E-state index in [1.165, 1.54) is 89.9 Å². The Morgan fingerprint density at radius 3 is 1.74 bits per heavy atom. The summed E-state index contributed by atoms with van der Waals surface area (Å²) in [5.41, 5.74) is 0. The van der Waals surface area contributed by atoms with E-state index >= 15 is 0 Å². The minimum absolute atomic E-state index is 0.0699. The minimum Gasteiger partial charge on any atom is -0.388 e. The molecule has 0 saturated carbocycles. The Morgan fingerprint density at radius 1 is 0.806 bits per heavy atom. The first-order chi connectivity index (χ1) is 15.2. The zero-order valence-electron chi connectivity index (χ0n) is 20.1. The summed E-state index contributed by atoms with van der Waals surface area (Å²) in [5, 5.41) is 29.1. The number of aliphatic hydroxyl groups excluding tert-OH is 3. The van der Waals surface area contributed by atoms with Crippen molar-refractivity contribution in [1.82, 2.24) is 0 Å². The highest BCUT2D eigenvalue weighted by Gasteiger charge is 2.39. The van der Waals surface area contributed by atoms with Crippen molar-refractivity contribution in [3.8, 4) is 0 Å². The van der Waals surface area contributed by atoms with Gasteiger partial charge >= 0.3 is 0 Å². The van der Waals surface area contributed by atoms with E-state index in [0.717, 1.165) is 12.8 Å². The first-order valence-corrected chi connectivity index (χ1v) is 13.0. The first kappa shape index (κ1) is 28.6. The Bertz CT molecular complexity index is 415. The molecule has 0 bridgehead atoms. The van der Waals surface area contributed by atoms with Gasteiger partial charge in [0.2, 0.25) is 0 Å². The molecule has 5 heteroatoms. The third kappa shape index (κ3) is 15.1. The van der Waals surface area contributed by atoms with Gasteiger partial charge in [0.1, 0.15) is 24.4 Å². The van der Waals surface area contributed by atoms with Gasteiger partial charge in [-0.1, -0.05) is 95.6 Å². The standard InChI is InChI=1S/C26H50O5/c1-2-3-4-5-6-7-8-9-10-11-12-13-14-15-16-17-18-19-20-30-21-24(28)26-25(29)23(27)22-31-26/h2-3,23-29H,4-22H2,1H3/b3-2+/t23-,24+,25-,26-/m0/s1. The van der Waals surface area contributed by atoms with Gasteiger partial charge in [-0.25, -0.2) is 0 Å². The number of hydrogen-bond donors (Lipinski definition) is 3. The molecule has 3 N–H and O–H groups in total. The van der Waals surface area contributed by atoms with Gasteiger partial charge in [-0.15, -0.1) is 0 Å². The lowest BCUT2D eigenvalue weighted by atomic mass is 10.0. The van der Waals surface area contributed by atoms with Crippen molar-refractivity contribution in [2.24, 2.45) is 0 Å². The predicted molar refractivity (Wildman–Crippen MR) is 127 cm³/mol. The quantitative estimate of drug-likeness (QED) is 0.166. The Hall–Kier alpha value is -0.460. The van der Waals surface area contributed by atoms with Crippen LogP contribution in [0.4, 0.5) is 0 Å². The molecule has 0 aromatic heterocycles. The molecule has 5 nitrogen and oxygen atoms in total. The maximum absolute atomic E-state index is 9.97. The maximum atomic E-state index is 9.97. The summed E-state index contributed by atoms with van der Waals surface area (Å²) in [6.07, 6.45) is 22.1. The SMILES string of the molecule is C/C=C/CCCCCCCCCCCCCCCCCOC[C@@H](O)[C@@H]1OC[C@H](O)[C@@H]1O. The van der Waals surface area contributed by atoms with Gasteiger partial charge < -0.3 is 24.8 Å². The third-order valence-corrected chi connectivity index (χ3v) is 6.25. The summed E-state index contributed by atoms with van der Waals surface area (Å²) in [6.45, 7) is 2.94. The first-order valence-electron chi connectivity index (χ1n) is 13.0. The van der Waals surface area contributed by atoms with Crippen LogP contribution in [0.2, 0.25) is 0 Å². The van der Waals surface area contributed by atoms with Crippen LogP contribution >= 0.6 is 0 Å². The molecule has 0 spiro atoms. The number of rotatable bonds is 21. The van der Waals surface area contributed by atoms with Crippen molar-refractivity contribution in [1.29, 1.82) is 0 Å². The largest absolute Gasteiger partial charge is 0.388 e. The monoisotopic (exact) mass is 442 g/mol. The van der Waals surface area contributed by atoms with Gasteiger partial charge in [-0.05, 0) is 26.2 Å². The molecule has 0 aromatic carbocycles. The molecule has 1 fully saturated rings. The molecule has 1 aliphatic rings. The van der Waals surface area contributed by atoms with Crippen LogP contribution in [-0.2, 0) is 9.47 Å². The van der Waals surface area contributed by atoms with Crippen LogP contribution in [0.5, 0.6) is 0 Å². The van der Waals surface area contributed by atoms with Gasteiger partial charge in [0, 0.05) is 6.61 Å². The fourth-order valence-electron chi connectivity index (χ4n) is 4.19. The van der Waals surface area contributed by atoms with Gasteiger partial charge in [-0.2, -0.15) is 0 Å². The van der Waals surface area contributed by atoms with Crippen LogP contribution in [0.3, 0.4) is 0 Å². The van der Waals surface area contributed by atoms with E-state index in [1.54, 1.807) is 0 Å². The Kier molecular flexibility index (Phi) is 18.6. The topological polar surface area (TPSA) is 79.2 Å². The number of allylic oxidation sites excluding steroid dienone is 2. The number of unbranched alkanes of at least 4 members (excludes halogenated alkanes) is 15. The normalized spacial score (nSPS) is 22.5. The molecule has 31 heavy (non-hydrogen) atoms. The maximum Gasteiger partial charge on any atom is 0.114 e. The van der Waals surface area contributed by atoms with E-state index < -0.39 is 24.4 Å². The van der Waals surface area contributed by atoms with Gasteiger partial charge in [-0.3, -0.25) is 0 Å². The number of aliphatic hydroxyl groups is 3. The van der Waals surface area contributed by atoms with Crippen molar-refractivity contribution in [2.45, 2.75) is 134 Å². The van der Waals surface area contributed by atoms with E-state index in [9.17, 15) is 15.3 Å². The number of ether oxygens (including phenoxy) is 2. The van der Waals surface area contributed by atoms with Crippen molar-refractivity contribution in [2.75, 3.05) is 19.8 Å². The van der Waals surface area contributed by atoms with Crippen molar-refractivity contribution < 1.29 is 24.8 Å². The van der Waals surface area contributed by atoms with Crippen molar-refractivity contribution >= 4 is 0 Å². The van der Waals surface area contributed by atoms with E-state index in [2.05, 4.69) is 19.1 Å². The van der Waals surface area contributed by atoms with Gasteiger partial charge in [0.25, 0.3) is 0 Å². The van der Waals surface area contributed by atoms with Gasteiger partial charge in [0.15, 0.2) is 0 Å². The fourth-order valence-corrected chi connectivity index (χ4v) is 4.19. The van der Waals surface area contributed by atoms with Crippen LogP contribution in [0.1, 0.15) is 110 Å². The Morgan fingerprint density at radius 2 is 1.29 bits per heavy atom. The second-order valence-corrected chi connectivity index (χ2v) is 9.16. The fraction of sp³-hybridized carbons (Fsp3) is 0.923. The van der Waals surface area contributed by atoms with Crippen LogP contribution < -0.4 is 0 Å². The summed E-state index contributed by atoms with van der Waals surface area (Å²) in [7, 11) is 0. The summed E-state index contributed by atoms with van der Waals surface area (Å²) < 4.78 is 10.7. The average Bonchev–Trinajstić information content (AvgIpc) is 3.10. The summed E-state index contributed by atoms with van der Waals surface area (Å²) in [6, 6.07) is 0. The van der Waals surface area contributed by atoms with Crippen LogP contribution in [0.25, 0.3) is 0 Å². The molecule has 1 aliphatic heterocycles. The van der Waals surface area contributed by atoms with E-state index in [-0.39, 0.29) is 13.2 Å². The lowest BCUT2D eigenvalue weighted by molar-refractivity contribution is -0.0813. The zero-order chi connectivity index (χ0) is 22.6. The van der Waals surface area contributed by atoms with Crippen molar-refractivity contribution in [3.63, 3.8) is 0 Å². The third-order valence-electron chi connectivity index (χ3n) is 6.25. The van der Waals surface area contributed by atoms with E-state index in [4.69, 9.17) is 9.47 Å². The minimum atomic E-state index is -1.03. The molecule has 1 saturated heterocycles. The summed E-state index contributed by atoms with van der Waals surface area (Å²) >= 11 is 0. The smallest absolute Gasteiger partial charge is 0.114 e. The molecule has 184 valence electrons. The predicted octanol–water partition coefficient (Wildman–Crippen LogP) is 5.30. The van der Waals surface area contributed by atoms with Gasteiger partial charge in [0.05, 0.1) is 13.2 Å². The number of hydrogen-bond acceptors (Lipinski definition) is 5. The lowest BCUT2D eigenvalue weighted by Crippen LogP contribution is -2.40. The van der Waals surface area contributed by atoms with Crippen LogP contribution in [0.15, 0.2) is 12.2 Å². The molecule has 1 rings (SSSR count). The lowest BCUT2D eigenvalue weighted by Gasteiger charge is -2.20. The molecule has 0 radical (unpaired) electrons. The highest BCUT2D eigenvalue weighted by molar-refractivity contribution is 4.87. The molecule has 0 aliphatic carbocycles. The second kappa shape index (κ2) is 20.2. The highest BCUT2D eigenvalue weighted by Crippen LogP contribution is 2.18. The van der Waals surface area contributed by atoms with Crippen LogP contribution in [0, 0.1) is 0 Å². The summed E-state index contributed by atoms with van der Waals surface area (Å²) in [4.78, 5) is 0.